The zero-order valence-electron chi connectivity index (χ0n) is 12.4. The highest BCUT2D eigenvalue weighted by atomic mass is 79.9. The monoisotopic (exact) mass is 414 g/mol. The first-order chi connectivity index (χ1) is 11.1. The van der Waals surface area contributed by atoms with E-state index >= 15 is 0 Å². The predicted octanol–water partition coefficient (Wildman–Crippen LogP) is 2.96. The molecule has 6 nitrogen and oxygen atoms in total. The van der Waals surface area contributed by atoms with Gasteiger partial charge in [-0.25, -0.2) is 10.4 Å². The molecule has 2 aromatic rings. The van der Waals surface area contributed by atoms with E-state index in [0.717, 1.165) is 32.6 Å². The van der Waals surface area contributed by atoms with Gasteiger partial charge < -0.3 is 9.64 Å². The van der Waals surface area contributed by atoms with E-state index < -0.39 is 0 Å². The van der Waals surface area contributed by atoms with E-state index in [4.69, 9.17) is 4.74 Å². The van der Waals surface area contributed by atoms with Crippen LogP contribution in [0.1, 0.15) is 22.3 Å². The Labute approximate surface area is 150 Å². The normalized spacial score (nSPS) is 15.7. The third kappa shape index (κ3) is 4.17. The summed E-state index contributed by atoms with van der Waals surface area (Å²) in [5.41, 5.74) is 3.72. The number of nitrogens with one attached hydrogen (secondary N) is 1. The molecule has 1 saturated heterocycles. The van der Waals surface area contributed by atoms with Crippen LogP contribution < -0.4 is 10.3 Å². The summed E-state index contributed by atoms with van der Waals surface area (Å²) < 4.78 is 6.35. The van der Waals surface area contributed by atoms with E-state index in [9.17, 15) is 4.79 Å². The summed E-state index contributed by atoms with van der Waals surface area (Å²) in [6.45, 7) is 4.86. The number of morpholine rings is 1. The van der Waals surface area contributed by atoms with Gasteiger partial charge in [-0.05, 0) is 35.0 Å². The molecule has 0 saturated carbocycles. The molecule has 0 spiro atoms. The van der Waals surface area contributed by atoms with Crippen LogP contribution in [0, 0.1) is 0 Å². The third-order valence-corrected chi connectivity index (χ3v) is 5.90. The maximum absolute atomic E-state index is 12.2. The summed E-state index contributed by atoms with van der Waals surface area (Å²) in [5.74, 6) is -0.296. The number of rotatable bonds is 4. The first kappa shape index (κ1) is 16.6. The number of nitrogens with zero attached hydrogens (tertiary/aromatic N) is 3. The SMILES string of the molecule is CC(=NNC(=O)c1csc(N2CCOCC2)n1)c1ccc(Br)s1. The number of amides is 1. The minimum Gasteiger partial charge on any atom is -0.378 e. The number of hydrogen-bond donors (Lipinski definition) is 1. The molecule has 2 aromatic heterocycles. The van der Waals surface area contributed by atoms with E-state index in [1.54, 1.807) is 16.7 Å². The number of aromatic nitrogens is 1. The summed E-state index contributed by atoms with van der Waals surface area (Å²) >= 11 is 6.44. The Morgan fingerprint density at radius 1 is 1.43 bits per heavy atom. The average molecular weight is 415 g/mol. The lowest BCUT2D eigenvalue weighted by Gasteiger charge is -2.25. The fourth-order valence-electron chi connectivity index (χ4n) is 2.02. The zero-order valence-corrected chi connectivity index (χ0v) is 15.6. The Kier molecular flexibility index (Phi) is 5.42. The number of carbonyl (C=O) groups excluding carboxylic acids is 1. The molecule has 1 fully saturated rings. The highest BCUT2D eigenvalue weighted by Gasteiger charge is 2.17. The van der Waals surface area contributed by atoms with Crippen molar-refractivity contribution in [3.05, 3.63) is 31.9 Å². The summed E-state index contributed by atoms with van der Waals surface area (Å²) in [5, 5.41) is 6.75. The topological polar surface area (TPSA) is 66.8 Å². The molecule has 122 valence electrons. The van der Waals surface area contributed by atoms with Gasteiger partial charge in [0, 0.05) is 18.5 Å². The van der Waals surface area contributed by atoms with Crippen molar-refractivity contribution in [3.63, 3.8) is 0 Å². The van der Waals surface area contributed by atoms with Gasteiger partial charge in [0.2, 0.25) is 0 Å². The largest absolute Gasteiger partial charge is 0.378 e. The molecule has 3 heterocycles. The summed E-state index contributed by atoms with van der Waals surface area (Å²) in [6.07, 6.45) is 0. The molecule has 1 N–H and O–H groups in total. The molecule has 23 heavy (non-hydrogen) atoms. The van der Waals surface area contributed by atoms with Crippen molar-refractivity contribution in [1.82, 2.24) is 10.4 Å². The lowest BCUT2D eigenvalue weighted by Crippen LogP contribution is -2.36. The quantitative estimate of drug-likeness (QED) is 0.616. The molecule has 0 aromatic carbocycles. The van der Waals surface area contributed by atoms with E-state index in [0.29, 0.717) is 18.9 Å². The smallest absolute Gasteiger partial charge is 0.290 e. The molecule has 0 bridgehead atoms. The van der Waals surface area contributed by atoms with E-state index in [1.165, 1.54) is 11.3 Å². The maximum Gasteiger partial charge on any atom is 0.290 e. The minimum atomic E-state index is -0.296. The lowest BCUT2D eigenvalue weighted by molar-refractivity contribution is 0.0950. The van der Waals surface area contributed by atoms with Crippen LogP contribution >= 0.6 is 38.6 Å². The fraction of sp³-hybridized carbons (Fsp3) is 0.357. The highest BCUT2D eigenvalue weighted by molar-refractivity contribution is 9.11. The first-order valence-electron chi connectivity index (χ1n) is 7.02. The van der Waals surface area contributed by atoms with Crippen LogP contribution in [0.25, 0.3) is 0 Å². The Hall–Kier alpha value is -1.29. The number of thiazole rings is 1. The Bertz CT molecular complexity index is 722. The molecule has 1 amide bonds. The van der Waals surface area contributed by atoms with E-state index in [1.807, 2.05) is 19.1 Å². The van der Waals surface area contributed by atoms with E-state index in [-0.39, 0.29) is 5.91 Å². The Balaban J connectivity index is 1.63. The number of hydrogen-bond acceptors (Lipinski definition) is 7. The van der Waals surface area contributed by atoms with Crippen molar-refractivity contribution in [2.45, 2.75) is 6.92 Å². The molecular formula is C14H15BrN4O2S2. The lowest BCUT2D eigenvalue weighted by atomic mass is 10.3. The van der Waals surface area contributed by atoms with Gasteiger partial charge in [0.1, 0.15) is 5.69 Å². The highest BCUT2D eigenvalue weighted by Crippen LogP contribution is 2.23. The minimum absolute atomic E-state index is 0.296. The average Bonchev–Trinajstić information content (AvgIpc) is 3.22. The van der Waals surface area contributed by atoms with Crippen LogP contribution in [-0.2, 0) is 4.74 Å². The number of ether oxygens (including phenoxy) is 1. The van der Waals surface area contributed by atoms with Crippen LogP contribution in [0.5, 0.6) is 0 Å². The maximum atomic E-state index is 12.2. The van der Waals surface area contributed by atoms with Crippen molar-refractivity contribution in [1.29, 1.82) is 0 Å². The van der Waals surface area contributed by atoms with Crippen LogP contribution in [0.4, 0.5) is 5.13 Å². The van der Waals surface area contributed by atoms with Crippen molar-refractivity contribution in [3.8, 4) is 0 Å². The van der Waals surface area contributed by atoms with Crippen molar-refractivity contribution in [2.75, 3.05) is 31.2 Å². The van der Waals surface area contributed by atoms with Gasteiger partial charge in [-0.15, -0.1) is 22.7 Å². The fourth-order valence-corrected chi connectivity index (χ4v) is 4.21. The third-order valence-electron chi connectivity index (χ3n) is 3.26. The van der Waals surface area contributed by atoms with Crippen molar-refractivity contribution >= 4 is 55.4 Å². The second-order valence-electron chi connectivity index (χ2n) is 4.86. The Morgan fingerprint density at radius 2 is 2.22 bits per heavy atom. The van der Waals surface area contributed by atoms with Crippen molar-refractivity contribution < 1.29 is 9.53 Å². The van der Waals surface area contributed by atoms with Crippen LogP contribution in [0.3, 0.4) is 0 Å². The summed E-state index contributed by atoms with van der Waals surface area (Å²) in [6, 6.07) is 3.91. The van der Waals surface area contributed by atoms with Crippen LogP contribution in [0.2, 0.25) is 0 Å². The second-order valence-corrected chi connectivity index (χ2v) is 8.16. The Morgan fingerprint density at radius 3 is 2.91 bits per heavy atom. The molecule has 9 heteroatoms. The second kappa shape index (κ2) is 7.52. The van der Waals surface area contributed by atoms with Crippen LogP contribution in [-0.4, -0.2) is 42.9 Å². The molecule has 1 aliphatic heterocycles. The van der Waals surface area contributed by atoms with Gasteiger partial charge in [0.25, 0.3) is 5.91 Å². The molecule has 0 unspecified atom stereocenters. The van der Waals surface area contributed by atoms with E-state index in [2.05, 4.69) is 36.3 Å². The molecular weight excluding hydrogens is 400 g/mol. The number of hydrazone groups is 1. The van der Waals surface area contributed by atoms with Crippen LogP contribution in [0.15, 0.2) is 26.4 Å². The van der Waals surface area contributed by atoms with Gasteiger partial charge in [0.15, 0.2) is 5.13 Å². The van der Waals surface area contributed by atoms with Gasteiger partial charge in [-0.2, -0.15) is 5.10 Å². The molecule has 0 aliphatic carbocycles. The van der Waals surface area contributed by atoms with Gasteiger partial charge in [-0.1, -0.05) is 0 Å². The molecule has 3 rings (SSSR count). The van der Waals surface area contributed by atoms with Gasteiger partial charge >= 0.3 is 0 Å². The molecule has 0 atom stereocenters. The first-order valence-corrected chi connectivity index (χ1v) is 9.51. The number of thiophene rings is 1. The summed E-state index contributed by atoms with van der Waals surface area (Å²) in [7, 11) is 0. The number of halogens is 1. The predicted molar refractivity (Wildman–Crippen MR) is 96.8 cm³/mol. The van der Waals surface area contributed by atoms with Crippen molar-refractivity contribution in [2.24, 2.45) is 5.10 Å². The number of anilines is 1. The standard InChI is InChI=1S/C14H15BrN4O2S2/c1-9(11-2-3-12(15)23-11)17-18-13(20)10-8-22-14(16-10)19-4-6-21-7-5-19/h2-3,8H,4-7H2,1H3,(H,18,20). The zero-order chi connectivity index (χ0) is 16.2. The van der Waals surface area contributed by atoms with Gasteiger partial charge in [0.05, 0.1) is 27.6 Å². The molecule has 1 aliphatic rings. The number of carbonyl (C=O) groups is 1. The van der Waals surface area contributed by atoms with Gasteiger partial charge in [-0.3, -0.25) is 4.79 Å². The molecule has 0 radical (unpaired) electrons. The summed E-state index contributed by atoms with van der Waals surface area (Å²) in [4.78, 5) is 19.7.